The van der Waals surface area contributed by atoms with E-state index in [0.717, 1.165) is 6.20 Å². The maximum absolute atomic E-state index is 11.7. The number of hydrogen-bond donors (Lipinski definition) is 0. The van der Waals surface area contributed by atoms with E-state index in [9.17, 15) is 8.78 Å². The molecule has 0 unspecified atom stereocenters. The zero-order chi connectivity index (χ0) is 9.14. The normalized spacial score (nSPS) is 10.4. The van der Waals surface area contributed by atoms with Crippen LogP contribution in [0.15, 0.2) is 12.4 Å². The van der Waals surface area contributed by atoms with Crippen LogP contribution >= 0.6 is 23.2 Å². The van der Waals surface area contributed by atoms with Crippen LogP contribution in [0.3, 0.4) is 0 Å². The third-order valence-electron chi connectivity index (χ3n) is 1.02. The Morgan fingerprint density at radius 3 is 2.58 bits per heavy atom. The van der Waals surface area contributed by atoms with Gasteiger partial charge in [-0.1, -0.05) is 23.2 Å². The van der Waals surface area contributed by atoms with E-state index >= 15 is 0 Å². The number of halogens is 4. The van der Waals surface area contributed by atoms with Gasteiger partial charge in [0.2, 0.25) is 0 Å². The Labute approximate surface area is 77.1 Å². The molecule has 0 aliphatic rings. The van der Waals surface area contributed by atoms with Gasteiger partial charge in [-0.25, -0.2) is 0 Å². The number of ether oxygens (including phenoxy) is 1. The summed E-state index contributed by atoms with van der Waals surface area (Å²) in [5, 5.41) is 0.0155. The summed E-state index contributed by atoms with van der Waals surface area (Å²) in [6.45, 7) is -2.93. The van der Waals surface area contributed by atoms with Crippen molar-refractivity contribution >= 4 is 23.2 Å². The first-order valence-corrected chi connectivity index (χ1v) is 3.60. The lowest BCUT2D eigenvalue weighted by molar-refractivity contribution is -0.0500. The molecule has 0 aliphatic carbocycles. The Balaban J connectivity index is 2.92. The van der Waals surface area contributed by atoms with Crippen molar-refractivity contribution in [1.29, 1.82) is 0 Å². The van der Waals surface area contributed by atoms with Gasteiger partial charge in [0.15, 0.2) is 5.75 Å². The minimum absolute atomic E-state index is 0.0630. The Hall–Kier alpha value is -0.610. The fourth-order valence-electron chi connectivity index (χ4n) is 0.580. The van der Waals surface area contributed by atoms with Crippen molar-refractivity contribution in [2.75, 3.05) is 0 Å². The maximum Gasteiger partial charge on any atom is 0.387 e. The van der Waals surface area contributed by atoms with E-state index in [4.69, 9.17) is 23.2 Å². The van der Waals surface area contributed by atoms with Gasteiger partial charge in [-0.15, -0.1) is 0 Å². The van der Waals surface area contributed by atoms with Gasteiger partial charge in [0, 0.05) is 6.20 Å². The van der Waals surface area contributed by atoms with Crippen LogP contribution in [0.2, 0.25) is 10.0 Å². The predicted octanol–water partition coefficient (Wildman–Crippen LogP) is 2.99. The molecule has 0 saturated heterocycles. The summed E-state index contributed by atoms with van der Waals surface area (Å²) in [5.41, 5.74) is 0. The molecule has 66 valence electrons. The molecule has 0 spiro atoms. The molecule has 1 heterocycles. The van der Waals surface area contributed by atoms with Gasteiger partial charge < -0.3 is 4.74 Å². The van der Waals surface area contributed by atoms with Crippen molar-refractivity contribution in [3.63, 3.8) is 0 Å². The lowest BCUT2D eigenvalue weighted by Gasteiger charge is -2.05. The lowest BCUT2D eigenvalue weighted by Crippen LogP contribution is -2.02. The number of aromatic nitrogens is 1. The number of alkyl halides is 2. The first-order chi connectivity index (χ1) is 5.61. The van der Waals surface area contributed by atoms with Crippen LogP contribution in [0.25, 0.3) is 0 Å². The van der Waals surface area contributed by atoms with E-state index in [0.29, 0.717) is 0 Å². The average Bonchev–Trinajstić information content (AvgIpc) is 1.98. The molecule has 0 amide bonds. The van der Waals surface area contributed by atoms with Crippen molar-refractivity contribution in [3.8, 4) is 5.75 Å². The molecule has 0 N–H and O–H groups in total. The summed E-state index contributed by atoms with van der Waals surface area (Å²) >= 11 is 11.0. The monoisotopic (exact) mass is 213 g/mol. The van der Waals surface area contributed by atoms with Gasteiger partial charge in [0.05, 0.1) is 11.2 Å². The average molecular weight is 214 g/mol. The molecule has 0 bridgehead atoms. The van der Waals surface area contributed by atoms with Gasteiger partial charge in [-0.05, 0) is 0 Å². The molecular weight excluding hydrogens is 211 g/mol. The second-order valence-electron chi connectivity index (χ2n) is 1.81. The Bertz CT molecular complexity index is 282. The number of rotatable bonds is 2. The van der Waals surface area contributed by atoms with Crippen molar-refractivity contribution in [2.24, 2.45) is 0 Å². The fraction of sp³-hybridized carbons (Fsp3) is 0.167. The molecule has 1 aromatic heterocycles. The van der Waals surface area contributed by atoms with Crippen LogP contribution in [0.5, 0.6) is 5.75 Å². The third-order valence-corrected chi connectivity index (χ3v) is 1.79. The molecule has 0 aromatic carbocycles. The van der Waals surface area contributed by atoms with Crippen molar-refractivity contribution in [2.45, 2.75) is 6.61 Å². The van der Waals surface area contributed by atoms with E-state index in [1.54, 1.807) is 0 Å². The highest BCUT2D eigenvalue weighted by atomic mass is 35.5. The quantitative estimate of drug-likeness (QED) is 0.754. The second-order valence-corrected chi connectivity index (χ2v) is 2.60. The summed E-state index contributed by atoms with van der Waals surface area (Å²) in [6, 6.07) is 0. The standard InChI is InChI=1S/C6H3Cl2F2NO/c7-3-1-11-2-4(5(3)8)12-6(9)10/h1-2,6H. The van der Waals surface area contributed by atoms with Crippen LogP contribution in [0, 0.1) is 0 Å². The first-order valence-electron chi connectivity index (χ1n) is 2.85. The third kappa shape index (κ3) is 2.19. The molecule has 0 fully saturated rings. The summed E-state index contributed by atoms with van der Waals surface area (Å²) in [7, 11) is 0. The number of nitrogens with zero attached hydrogens (tertiary/aromatic N) is 1. The molecule has 1 aromatic rings. The Kier molecular flexibility index (Phi) is 3.05. The van der Waals surface area contributed by atoms with Gasteiger partial charge >= 0.3 is 6.61 Å². The van der Waals surface area contributed by atoms with Gasteiger partial charge in [0.25, 0.3) is 0 Å². The minimum Gasteiger partial charge on any atom is -0.432 e. The molecule has 0 saturated carbocycles. The zero-order valence-electron chi connectivity index (χ0n) is 5.60. The Morgan fingerprint density at radius 2 is 2.00 bits per heavy atom. The van der Waals surface area contributed by atoms with Crippen molar-refractivity contribution in [3.05, 3.63) is 22.4 Å². The lowest BCUT2D eigenvalue weighted by atomic mass is 10.4. The topological polar surface area (TPSA) is 22.1 Å². The van der Waals surface area contributed by atoms with Crippen LogP contribution in [-0.4, -0.2) is 11.6 Å². The summed E-state index contributed by atoms with van der Waals surface area (Å²) < 4.78 is 27.4. The van der Waals surface area contributed by atoms with E-state index < -0.39 is 6.61 Å². The van der Waals surface area contributed by atoms with Gasteiger partial charge in [-0.3, -0.25) is 4.98 Å². The fourth-order valence-corrected chi connectivity index (χ4v) is 0.871. The molecular formula is C6H3Cl2F2NO. The molecule has 2 nitrogen and oxygen atoms in total. The summed E-state index contributed by atoms with van der Waals surface area (Å²) in [6.07, 6.45) is 2.31. The molecule has 0 radical (unpaired) electrons. The van der Waals surface area contributed by atoms with Crippen LogP contribution in [0.1, 0.15) is 0 Å². The number of hydrogen-bond acceptors (Lipinski definition) is 2. The highest BCUT2D eigenvalue weighted by molar-refractivity contribution is 6.42. The largest absolute Gasteiger partial charge is 0.432 e. The zero-order valence-corrected chi connectivity index (χ0v) is 7.11. The first kappa shape index (κ1) is 9.48. The number of pyridine rings is 1. The van der Waals surface area contributed by atoms with Crippen LogP contribution in [-0.2, 0) is 0 Å². The van der Waals surface area contributed by atoms with Crippen molar-refractivity contribution < 1.29 is 13.5 Å². The summed E-state index contributed by atoms with van der Waals surface area (Å²) in [4.78, 5) is 3.52. The second kappa shape index (κ2) is 3.87. The minimum atomic E-state index is -2.93. The molecule has 6 heteroatoms. The highest BCUT2D eigenvalue weighted by Gasteiger charge is 2.10. The van der Waals surface area contributed by atoms with E-state index in [1.807, 2.05) is 0 Å². The predicted molar refractivity (Wildman–Crippen MR) is 40.9 cm³/mol. The molecule has 1 rings (SSSR count). The molecule has 0 atom stereocenters. The Morgan fingerprint density at radius 1 is 1.33 bits per heavy atom. The van der Waals surface area contributed by atoms with E-state index in [1.165, 1.54) is 6.20 Å². The van der Waals surface area contributed by atoms with E-state index in [2.05, 4.69) is 9.72 Å². The molecule has 0 aliphatic heterocycles. The van der Waals surface area contributed by atoms with Gasteiger partial charge in [0.1, 0.15) is 5.02 Å². The molecule has 12 heavy (non-hydrogen) atoms. The SMILES string of the molecule is FC(F)Oc1cncc(Cl)c1Cl. The highest BCUT2D eigenvalue weighted by Crippen LogP contribution is 2.30. The van der Waals surface area contributed by atoms with E-state index in [-0.39, 0.29) is 15.8 Å². The smallest absolute Gasteiger partial charge is 0.387 e. The van der Waals surface area contributed by atoms with Crippen LogP contribution < -0.4 is 4.74 Å². The maximum atomic E-state index is 11.7. The van der Waals surface area contributed by atoms with Crippen molar-refractivity contribution in [1.82, 2.24) is 4.98 Å². The summed E-state index contributed by atoms with van der Waals surface area (Å²) in [5.74, 6) is -0.223. The van der Waals surface area contributed by atoms with Gasteiger partial charge in [-0.2, -0.15) is 8.78 Å². The van der Waals surface area contributed by atoms with Crippen LogP contribution in [0.4, 0.5) is 8.78 Å².